The Morgan fingerprint density at radius 3 is 2.92 bits per heavy atom. The van der Waals surface area contributed by atoms with Crippen LogP contribution in [-0.4, -0.2) is 13.1 Å². The van der Waals surface area contributed by atoms with E-state index < -0.39 is 5.97 Å². The average Bonchev–Trinajstić information content (AvgIpc) is 2.47. The molecule has 0 saturated heterocycles. The Balaban J connectivity index is 2.63. The van der Waals surface area contributed by atoms with Crippen molar-refractivity contribution in [1.29, 1.82) is 0 Å². The Hall–Kier alpha value is -1.22. The third-order valence-corrected chi connectivity index (χ3v) is 1.38. The zero-order chi connectivity index (χ0) is 8.97. The molecule has 4 heteroatoms. The third kappa shape index (κ3) is 2.43. The molecule has 12 heavy (non-hydrogen) atoms. The lowest BCUT2D eigenvalue weighted by atomic mass is 10.4. The number of carbonyl (C=O) groups excluding carboxylic acids is 1. The number of rotatable bonds is 2. The zero-order valence-electron chi connectivity index (χ0n) is 6.41. The minimum Gasteiger partial charge on any atom is -0.466 e. The summed E-state index contributed by atoms with van der Waals surface area (Å²) in [6.45, 7) is 0. The predicted octanol–water partition coefficient (Wildman–Crippen LogP) is 2.12. The number of furan rings is 1. The van der Waals surface area contributed by atoms with Gasteiger partial charge in [-0.3, -0.25) is 0 Å². The van der Waals surface area contributed by atoms with E-state index in [1.165, 1.54) is 19.3 Å². The molecule has 1 heterocycles. The molecule has 1 aromatic rings. The topological polar surface area (TPSA) is 39.4 Å². The van der Waals surface area contributed by atoms with Gasteiger partial charge in [0.2, 0.25) is 0 Å². The lowest BCUT2D eigenvalue weighted by Gasteiger charge is -1.87. The van der Waals surface area contributed by atoms with Crippen molar-refractivity contribution in [3.63, 3.8) is 0 Å². The number of carbonyl (C=O) groups is 1. The lowest BCUT2D eigenvalue weighted by Crippen LogP contribution is -1.92. The van der Waals surface area contributed by atoms with Crippen LogP contribution in [-0.2, 0) is 9.53 Å². The number of halogens is 1. The summed E-state index contributed by atoms with van der Waals surface area (Å²) in [4.78, 5) is 10.6. The lowest BCUT2D eigenvalue weighted by molar-refractivity contribution is -0.134. The monoisotopic (exact) mass is 186 g/mol. The molecule has 1 aromatic heterocycles. The van der Waals surface area contributed by atoms with Gasteiger partial charge in [0.15, 0.2) is 5.22 Å². The molecular weight excluding hydrogens is 180 g/mol. The second kappa shape index (κ2) is 3.97. The van der Waals surface area contributed by atoms with Gasteiger partial charge in [-0.15, -0.1) is 0 Å². The summed E-state index contributed by atoms with van der Waals surface area (Å²) in [7, 11) is 1.31. The molecule has 1 rings (SSSR count). The molecule has 0 atom stereocenters. The standard InChI is InChI=1S/C8H7ClO3/c1-11-8(10)5-3-6-2-4-7(9)12-6/h2-5H,1H3/b5-3+. The van der Waals surface area contributed by atoms with Crippen LogP contribution >= 0.6 is 11.6 Å². The van der Waals surface area contributed by atoms with E-state index in [-0.39, 0.29) is 0 Å². The van der Waals surface area contributed by atoms with Crippen molar-refractivity contribution in [3.8, 4) is 0 Å². The summed E-state index contributed by atoms with van der Waals surface area (Å²) in [6.07, 6.45) is 2.74. The van der Waals surface area contributed by atoms with E-state index in [4.69, 9.17) is 16.0 Å². The van der Waals surface area contributed by atoms with Gasteiger partial charge in [0.05, 0.1) is 7.11 Å². The molecule has 0 amide bonds. The van der Waals surface area contributed by atoms with E-state index in [0.717, 1.165) is 0 Å². The van der Waals surface area contributed by atoms with E-state index in [1.807, 2.05) is 0 Å². The molecule has 64 valence electrons. The summed E-state index contributed by atoms with van der Waals surface area (Å²) in [5.41, 5.74) is 0. The molecular formula is C8H7ClO3. The fraction of sp³-hybridized carbons (Fsp3) is 0.125. The molecule has 0 unspecified atom stereocenters. The van der Waals surface area contributed by atoms with Gasteiger partial charge in [-0.05, 0) is 29.8 Å². The van der Waals surface area contributed by atoms with E-state index in [0.29, 0.717) is 11.0 Å². The van der Waals surface area contributed by atoms with E-state index >= 15 is 0 Å². The van der Waals surface area contributed by atoms with E-state index in [1.54, 1.807) is 12.1 Å². The van der Waals surface area contributed by atoms with Crippen molar-refractivity contribution >= 4 is 23.6 Å². The van der Waals surface area contributed by atoms with Crippen LogP contribution in [0.5, 0.6) is 0 Å². The van der Waals surface area contributed by atoms with Crippen molar-refractivity contribution in [2.75, 3.05) is 7.11 Å². The molecule has 0 saturated carbocycles. The molecule has 3 nitrogen and oxygen atoms in total. The average molecular weight is 187 g/mol. The van der Waals surface area contributed by atoms with Crippen molar-refractivity contribution < 1.29 is 13.9 Å². The van der Waals surface area contributed by atoms with Crippen molar-refractivity contribution in [2.45, 2.75) is 0 Å². The van der Waals surface area contributed by atoms with Crippen LogP contribution in [0.25, 0.3) is 6.08 Å². The minimum absolute atomic E-state index is 0.291. The maximum absolute atomic E-state index is 10.6. The highest BCUT2D eigenvalue weighted by Crippen LogP contribution is 2.13. The van der Waals surface area contributed by atoms with Gasteiger partial charge in [0.1, 0.15) is 5.76 Å². The van der Waals surface area contributed by atoms with Gasteiger partial charge >= 0.3 is 5.97 Å². The number of methoxy groups -OCH3 is 1. The normalized spacial score (nSPS) is 10.5. The largest absolute Gasteiger partial charge is 0.466 e. The Morgan fingerprint density at radius 2 is 2.42 bits per heavy atom. The van der Waals surface area contributed by atoms with Crippen molar-refractivity contribution in [2.24, 2.45) is 0 Å². The molecule has 0 aliphatic carbocycles. The van der Waals surface area contributed by atoms with Crippen LogP contribution in [0, 0.1) is 0 Å². The fourth-order valence-corrected chi connectivity index (χ4v) is 0.788. The van der Waals surface area contributed by atoms with Crippen molar-refractivity contribution in [3.05, 3.63) is 29.2 Å². The Kier molecular flexibility index (Phi) is 2.94. The second-order valence-corrected chi connectivity index (χ2v) is 2.37. The molecule has 0 aromatic carbocycles. The molecule has 0 aliphatic rings. The minimum atomic E-state index is -0.428. The van der Waals surface area contributed by atoms with Gasteiger partial charge in [0.25, 0.3) is 0 Å². The fourth-order valence-electron chi connectivity index (χ4n) is 0.636. The molecule has 0 bridgehead atoms. The van der Waals surface area contributed by atoms with Gasteiger partial charge in [-0.1, -0.05) is 0 Å². The van der Waals surface area contributed by atoms with Crippen LogP contribution in [0.3, 0.4) is 0 Å². The van der Waals surface area contributed by atoms with Crippen LogP contribution in [0.2, 0.25) is 5.22 Å². The van der Waals surface area contributed by atoms with E-state index in [9.17, 15) is 4.79 Å². The maximum Gasteiger partial charge on any atom is 0.330 e. The number of hydrogen-bond acceptors (Lipinski definition) is 3. The quantitative estimate of drug-likeness (QED) is 0.525. The molecule has 0 radical (unpaired) electrons. The SMILES string of the molecule is COC(=O)/C=C/c1ccc(Cl)o1. The van der Waals surface area contributed by atoms with E-state index in [2.05, 4.69) is 4.74 Å². The van der Waals surface area contributed by atoms with Gasteiger partial charge in [0, 0.05) is 6.08 Å². The van der Waals surface area contributed by atoms with Crippen LogP contribution < -0.4 is 0 Å². The molecule has 0 N–H and O–H groups in total. The van der Waals surface area contributed by atoms with Gasteiger partial charge in [-0.25, -0.2) is 4.79 Å². The molecule has 0 fully saturated rings. The Morgan fingerprint density at radius 1 is 1.67 bits per heavy atom. The summed E-state index contributed by atoms with van der Waals surface area (Å²) < 4.78 is 9.33. The van der Waals surface area contributed by atoms with Crippen LogP contribution in [0.4, 0.5) is 0 Å². The first-order valence-electron chi connectivity index (χ1n) is 3.24. The maximum atomic E-state index is 10.6. The highest BCUT2D eigenvalue weighted by atomic mass is 35.5. The van der Waals surface area contributed by atoms with Crippen molar-refractivity contribution in [1.82, 2.24) is 0 Å². The summed E-state index contributed by atoms with van der Waals surface area (Å²) in [6, 6.07) is 3.25. The number of ether oxygens (including phenoxy) is 1. The molecule has 0 aliphatic heterocycles. The Bertz CT molecular complexity index is 301. The van der Waals surface area contributed by atoms with Gasteiger partial charge < -0.3 is 9.15 Å². The number of esters is 1. The highest BCUT2D eigenvalue weighted by Gasteiger charge is 1.96. The second-order valence-electron chi connectivity index (χ2n) is 2.00. The summed E-state index contributed by atoms with van der Waals surface area (Å²) in [5, 5.41) is 0.291. The smallest absolute Gasteiger partial charge is 0.330 e. The molecule has 0 spiro atoms. The summed E-state index contributed by atoms with van der Waals surface area (Å²) >= 11 is 5.49. The summed E-state index contributed by atoms with van der Waals surface area (Å²) in [5.74, 6) is 0.0907. The van der Waals surface area contributed by atoms with Gasteiger partial charge in [-0.2, -0.15) is 0 Å². The first-order valence-corrected chi connectivity index (χ1v) is 3.61. The predicted molar refractivity (Wildman–Crippen MR) is 44.8 cm³/mol. The third-order valence-electron chi connectivity index (χ3n) is 1.18. The first-order chi connectivity index (χ1) is 5.72. The number of hydrogen-bond donors (Lipinski definition) is 0. The zero-order valence-corrected chi connectivity index (χ0v) is 7.17. The Labute approximate surface area is 74.6 Å². The first kappa shape index (κ1) is 8.87. The van der Waals surface area contributed by atoms with Crippen LogP contribution in [0.15, 0.2) is 22.6 Å². The highest BCUT2D eigenvalue weighted by molar-refractivity contribution is 6.28. The van der Waals surface area contributed by atoms with Crippen LogP contribution in [0.1, 0.15) is 5.76 Å².